The number of para-hydroxylation sites is 2. The summed E-state index contributed by atoms with van der Waals surface area (Å²) in [6.45, 7) is 2.23. The third-order valence-corrected chi connectivity index (χ3v) is 4.50. The Morgan fingerprint density at radius 2 is 2.04 bits per heavy atom. The van der Waals surface area contributed by atoms with Gasteiger partial charge in [-0.25, -0.2) is 0 Å². The first kappa shape index (κ1) is 17.5. The molecule has 6 heteroatoms. The van der Waals surface area contributed by atoms with Gasteiger partial charge in [-0.3, -0.25) is 9.59 Å². The van der Waals surface area contributed by atoms with E-state index in [1.54, 1.807) is 4.90 Å². The number of ether oxygens (including phenoxy) is 1. The van der Waals surface area contributed by atoms with Crippen LogP contribution in [-0.2, 0) is 9.59 Å². The smallest absolute Gasteiger partial charge is 0.268 e. The monoisotopic (exact) mass is 402 g/mol. The molecule has 1 heterocycles. The lowest BCUT2D eigenvalue weighted by molar-refractivity contribution is -0.126. The number of carbonyl (C=O) groups excluding carboxylic acids is 2. The average molecular weight is 403 g/mol. The molecule has 0 saturated heterocycles. The lowest BCUT2D eigenvalue weighted by Gasteiger charge is -2.33. The number of halogens is 1. The fourth-order valence-electron chi connectivity index (χ4n) is 2.77. The Morgan fingerprint density at radius 3 is 2.80 bits per heavy atom. The second-order valence-electron chi connectivity index (χ2n) is 5.78. The third-order valence-electron chi connectivity index (χ3n) is 4.01. The second-order valence-corrected chi connectivity index (χ2v) is 6.70. The Balaban J connectivity index is 1.69. The summed E-state index contributed by atoms with van der Waals surface area (Å²) >= 11 is 3.38. The maximum atomic E-state index is 12.6. The van der Waals surface area contributed by atoms with Gasteiger partial charge in [0.2, 0.25) is 5.91 Å². The van der Waals surface area contributed by atoms with Crippen LogP contribution >= 0.6 is 15.9 Å². The molecule has 3 rings (SSSR count). The van der Waals surface area contributed by atoms with Crippen LogP contribution in [0.2, 0.25) is 0 Å². The number of hydrogen-bond acceptors (Lipinski definition) is 3. The highest BCUT2D eigenvalue weighted by Gasteiger charge is 2.33. The van der Waals surface area contributed by atoms with Crippen molar-refractivity contribution in [2.75, 3.05) is 16.8 Å². The van der Waals surface area contributed by atoms with Crippen molar-refractivity contribution >= 4 is 39.1 Å². The molecule has 0 aromatic heterocycles. The lowest BCUT2D eigenvalue weighted by Crippen LogP contribution is -2.46. The largest absolute Gasteiger partial charge is 0.478 e. The molecule has 0 saturated carbocycles. The zero-order valence-electron chi connectivity index (χ0n) is 13.9. The van der Waals surface area contributed by atoms with E-state index in [1.165, 1.54) is 0 Å². The topological polar surface area (TPSA) is 58.6 Å². The Morgan fingerprint density at radius 1 is 1.24 bits per heavy atom. The van der Waals surface area contributed by atoms with Crippen molar-refractivity contribution in [2.45, 2.75) is 25.9 Å². The van der Waals surface area contributed by atoms with Crippen LogP contribution in [0.5, 0.6) is 5.75 Å². The van der Waals surface area contributed by atoms with E-state index >= 15 is 0 Å². The molecule has 2 aromatic rings. The first-order valence-corrected chi connectivity index (χ1v) is 9.00. The number of benzene rings is 2. The summed E-state index contributed by atoms with van der Waals surface area (Å²) in [6, 6.07) is 14.8. The molecule has 1 aliphatic rings. The van der Waals surface area contributed by atoms with Crippen molar-refractivity contribution in [2.24, 2.45) is 0 Å². The molecular formula is C19H19BrN2O3. The predicted octanol–water partition coefficient (Wildman–Crippen LogP) is 3.98. The molecule has 1 atom stereocenters. The van der Waals surface area contributed by atoms with Crippen LogP contribution in [-0.4, -0.2) is 24.5 Å². The minimum absolute atomic E-state index is 0.101. The molecule has 0 spiro atoms. The van der Waals surface area contributed by atoms with Gasteiger partial charge in [-0.15, -0.1) is 0 Å². The highest BCUT2D eigenvalue weighted by Crippen LogP contribution is 2.34. The van der Waals surface area contributed by atoms with Gasteiger partial charge in [0, 0.05) is 23.1 Å². The molecular weight excluding hydrogens is 384 g/mol. The number of carbonyl (C=O) groups is 2. The normalized spacial score (nSPS) is 16.2. The highest BCUT2D eigenvalue weighted by molar-refractivity contribution is 9.10. The van der Waals surface area contributed by atoms with Crippen LogP contribution in [0.1, 0.15) is 19.8 Å². The first-order valence-electron chi connectivity index (χ1n) is 8.21. The van der Waals surface area contributed by atoms with Crippen LogP contribution in [0.3, 0.4) is 0 Å². The van der Waals surface area contributed by atoms with E-state index in [-0.39, 0.29) is 18.2 Å². The summed E-state index contributed by atoms with van der Waals surface area (Å²) in [5, 5.41) is 2.85. The van der Waals surface area contributed by atoms with Crippen LogP contribution in [0.25, 0.3) is 0 Å². The van der Waals surface area contributed by atoms with Gasteiger partial charge < -0.3 is 15.0 Å². The van der Waals surface area contributed by atoms with Gasteiger partial charge in [0.25, 0.3) is 5.91 Å². The van der Waals surface area contributed by atoms with Crippen molar-refractivity contribution in [3.05, 3.63) is 53.0 Å². The average Bonchev–Trinajstić information content (AvgIpc) is 2.60. The molecule has 1 unspecified atom stereocenters. The first-order chi connectivity index (χ1) is 12.1. The van der Waals surface area contributed by atoms with E-state index in [1.807, 2.05) is 55.5 Å². The summed E-state index contributed by atoms with van der Waals surface area (Å²) in [7, 11) is 0. The van der Waals surface area contributed by atoms with Gasteiger partial charge in [0.1, 0.15) is 5.75 Å². The Hall–Kier alpha value is -2.34. The van der Waals surface area contributed by atoms with E-state index in [0.717, 1.165) is 10.2 Å². The number of anilines is 2. The molecule has 0 bridgehead atoms. The van der Waals surface area contributed by atoms with Crippen LogP contribution in [0.15, 0.2) is 53.0 Å². The number of fused-ring (bicyclic) bond motifs is 1. The van der Waals surface area contributed by atoms with Crippen LogP contribution in [0.4, 0.5) is 11.4 Å². The van der Waals surface area contributed by atoms with Gasteiger partial charge in [-0.05, 0) is 36.8 Å². The van der Waals surface area contributed by atoms with Crippen LogP contribution < -0.4 is 15.0 Å². The summed E-state index contributed by atoms with van der Waals surface area (Å²) in [6.07, 6.45) is 0.305. The lowest BCUT2D eigenvalue weighted by atomic mass is 10.1. The Bertz CT molecular complexity index is 794. The van der Waals surface area contributed by atoms with E-state index in [9.17, 15) is 9.59 Å². The second kappa shape index (κ2) is 7.70. The number of hydrogen-bond donors (Lipinski definition) is 1. The fraction of sp³-hybridized carbons (Fsp3) is 0.263. The fourth-order valence-corrected chi connectivity index (χ4v) is 3.17. The van der Waals surface area contributed by atoms with Crippen molar-refractivity contribution in [1.29, 1.82) is 0 Å². The summed E-state index contributed by atoms with van der Waals surface area (Å²) < 4.78 is 6.64. The minimum atomic E-state index is -0.497. The molecule has 0 fully saturated rings. The van der Waals surface area contributed by atoms with Crippen molar-refractivity contribution in [3.8, 4) is 5.75 Å². The van der Waals surface area contributed by atoms with E-state index < -0.39 is 6.10 Å². The van der Waals surface area contributed by atoms with Gasteiger partial charge in [0.05, 0.1) is 5.69 Å². The van der Waals surface area contributed by atoms with Crippen molar-refractivity contribution in [3.63, 3.8) is 0 Å². The van der Waals surface area contributed by atoms with Crippen molar-refractivity contribution < 1.29 is 14.3 Å². The molecule has 5 nitrogen and oxygen atoms in total. The maximum Gasteiger partial charge on any atom is 0.268 e. The number of rotatable bonds is 5. The van der Waals surface area contributed by atoms with Crippen LogP contribution in [0, 0.1) is 0 Å². The van der Waals surface area contributed by atoms with Gasteiger partial charge >= 0.3 is 0 Å². The van der Waals surface area contributed by atoms with E-state index in [2.05, 4.69) is 21.2 Å². The van der Waals surface area contributed by atoms with E-state index in [0.29, 0.717) is 24.4 Å². The standard InChI is InChI=1S/C19H19BrN2O3/c1-2-16-19(24)22(15-8-3-4-9-17(15)25-16)11-10-18(23)21-14-7-5-6-13(20)12-14/h3-9,12,16H,2,10-11H2,1H3,(H,21,23). The third kappa shape index (κ3) is 4.02. The molecule has 2 amide bonds. The number of amides is 2. The predicted molar refractivity (Wildman–Crippen MR) is 101 cm³/mol. The Labute approximate surface area is 155 Å². The molecule has 0 aliphatic carbocycles. The zero-order valence-corrected chi connectivity index (χ0v) is 15.5. The SMILES string of the molecule is CCC1Oc2ccccc2N(CCC(=O)Nc2cccc(Br)c2)C1=O. The minimum Gasteiger partial charge on any atom is -0.478 e. The molecule has 1 N–H and O–H groups in total. The molecule has 0 radical (unpaired) electrons. The molecule has 130 valence electrons. The van der Waals surface area contributed by atoms with Crippen molar-refractivity contribution in [1.82, 2.24) is 0 Å². The molecule has 25 heavy (non-hydrogen) atoms. The number of nitrogens with one attached hydrogen (secondary N) is 1. The quantitative estimate of drug-likeness (QED) is 0.822. The molecule has 2 aromatic carbocycles. The summed E-state index contributed by atoms with van der Waals surface area (Å²) in [5.74, 6) is 0.445. The Kier molecular flexibility index (Phi) is 5.38. The van der Waals surface area contributed by atoms with Gasteiger partial charge in [0.15, 0.2) is 6.10 Å². The maximum absolute atomic E-state index is 12.6. The molecule has 1 aliphatic heterocycles. The highest BCUT2D eigenvalue weighted by atomic mass is 79.9. The zero-order chi connectivity index (χ0) is 17.8. The summed E-state index contributed by atoms with van der Waals surface area (Å²) in [5.41, 5.74) is 1.44. The summed E-state index contributed by atoms with van der Waals surface area (Å²) in [4.78, 5) is 26.5. The van der Waals surface area contributed by atoms with Gasteiger partial charge in [-0.2, -0.15) is 0 Å². The van der Waals surface area contributed by atoms with Gasteiger partial charge in [-0.1, -0.05) is 41.1 Å². The van der Waals surface area contributed by atoms with E-state index in [4.69, 9.17) is 4.74 Å². The number of nitrogens with zero attached hydrogens (tertiary/aromatic N) is 1.